The van der Waals surface area contributed by atoms with E-state index in [-0.39, 0.29) is 22.3 Å². The molecule has 0 aliphatic carbocycles. The number of nitrogen functional groups attached to an aromatic ring is 1. The zero-order chi connectivity index (χ0) is 13.9. The van der Waals surface area contributed by atoms with Crippen molar-refractivity contribution < 1.29 is 17.6 Å². The molecule has 0 bridgehead atoms. The van der Waals surface area contributed by atoms with E-state index in [9.17, 15) is 17.6 Å². The van der Waals surface area contributed by atoms with Crippen molar-refractivity contribution >= 4 is 28.9 Å². The molecule has 102 valence electrons. The second-order valence-electron chi connectivity index (χ2n) is 3.64. The zero-order valence-corrected chi connectivity index (χ0v) is 10.5. The lowest BCUT2D eigenvalue weighted by Crippen LogP contribution is -2.38. The van der Waals surface area contributed by atoms with Crippen LogP contribution in [-0.4, -0.2) is 18.9 Å². The lowest BCUT2D eigenvalue weighted by Gasteiger charge is -2.16. The second kappa shape index (κ2) is 5.95. The van der Waals surface area contributed by atoms with Crippen molar-refractivity contribution in [2.45, 2.75) is 18.9 Å². The molecule has 3 N–H and O–H groups in total. The highest BCUT2D eigenvalue weighted by Gasteiger charge is 2.39. The van der Waals surface area contributed by atoms with Gasteiger partial charge in [0.2, 0.25) is 0 Å². The molecule has 8 heteroatoms. The van der Waals surface area contributed by atoms with Gasteiger partial charge in [-0.2, -0.15) is 8.78 Å². The second-order valence-corrected chi connectivity index (χ2v) is 4.45. The van der Waals surface area contributed by atoms with Crippen LogP contribution in [0.3, 0.4) is 0 Å². The molecule has 0 radical (unpaired) electrons. The van der Waals surface area contributed by atoms with E-state index >= 15 is 0 Å². The summed E-state index contributed by atoms with van der Waals surface area (Å²) in [5.74, 6) is -4.07. The van der Waals surface area contributed by atoms with Crippen LogP contribution in [0.15, 0.2) is 12.1 Å². The van der Waals surface area contributed by atoms with E-state index < -0.39 is 18.9 Å². The van der Waals surface area contributed by atoms with E-state index in [1.165, 1.54) is 12.1 Å². The molecular formula is C10H10Cl2F4N2. The van der Waals surface area contributed by atoms with E-state index in [2.05, 4.69) is 5.32 Å². The Bertz CT molecular complexity index is 403. The molecule has 0 aliphatic heterocycles. The summed E-state index contributed by atoms with van der Waals surface area (Å²) in [6, 6.07) is 2.85. The lowest BCUT2D eigenvalue weighted by atomic mass is 10.2. The Morgan fingerprint density at radius 3 is 2.17 bits per heavy atom. The first kappa shape index (κ1) is 15.3. The minimum absolute atomic E-state index is 0.0674. The van der Waals surface area contributed by atoms with Crippen molar-refractivity contribution in [3.63, 3.8) is 0 Å². The van der Waals surface area contributed by atoms with Crippen molar-refractivity contribution in [1.29, 1.82) is 0 Å². The van der Waals surface area contributed by atoms with E-state index in [0.29, 0.717) is 5.56 Å². The fourth-order valence-electron chi connectivity index (χ4n) is 1.19. The predicted molar refractivity (Wildman–Crippen MR) is 63.5 cm³/mol. The van der Waals surface area contributed by atoms with Gasteiger partial charge in [0.25, 0.3) is 0 Å². The number of hydrogen-bond acceptors (Lipinski definition) is 2. The number of benzene rings is 1. The van der Waals surface area contributed by atoms with Gasteiger partial charge in [-0.05, 0) is 17.7 Å². The van der Waals surface area contributed by atoms with Crippen LogP contribution in [-0.2, 0) is 6.54 Å². The topological polar surface area (TPSA) is 38.0 Å². The van der Waals surface area contributed by atoms with Crippen molar-refractivity contribution in [2.75, 3.05) is 12.3 Å². The SMILES string of the molecule is Nc1c(Cl)cc(CNCC(F)(F)C(F)F)cc1Cl. The highest BCUT2D eigenvalue weighted by Crippen LogP contribution is 2.29. The summed E-state index contributed by atoms with van der Waals surface area (Å²) in [7, 11) is 0. The normalized spacial score (nSPS) is 12.2. The lowest BCUT2D eigenvalue weighted by molar-refractivity contribution is -0.125. The predicted octanol–water partition coefficient (Wildman–Crippen LogP) is 3.57. The summed E-state index contributed by atoms with van der Waals surface area (Å²) >= 11 is 11.5. The molecule has 0 heterocycles. The van der Waals surface area contributed by atoms with Gasteiger partial charge in [0.05, 0.1) is 22.3 Å². The maximum atomic E-state index is 12.6. The van der Waals surface area contributed by atoms with Gasteiger partial charge in [0.1, 0.15) is 0 Å². The fraction of sp³-hybridized carbons (Fsp3) is 0.400. The van der Waals surface area contributed by atoms with Gasteiger partial charge >= 0.3 is 12.3 Å². The van der Waals surface area contributed by atoms with Gasteiger partial charge < -0.3 is 11.1 Å². The number of alkyl halides is 4. The Morgan fingerprint density at radius 1 is 1.22 bits per heavy atom. The van der Waals surface area contributed by atoms with Gasteiger partial charge in [0, 0.05) is 6.54 Å². The number of nitrogens with one attached hydrogen (secondary N) is 1. The monoisotopic (exact) mass is 304 g/mol. The van der Waals surface area contributed by atoms with Crippen LogP contribution in [0.25, 0.3) is 0 Å². The summed E-state index contributed by atoms with van der Waals surface area (Å²) in [6.45, 7) is -1.20. The molecule has 0 aliphatic rings. The molecule has 18 heavy (non-hydrogen) atoms. The van der Waals surface area contributed by atoms with Gasteiger partial charge in [-0.15, -0.1) is 0 Å². The Balaban J connectivity index is 2.60. The molecule has 2 nitrogen and oxygen atoms in total. The van der Waals surface area contributed by atoms with Crippen LogP contribution in [0.1, 0.15) is 5.56 Å². The van der Waals surface area contributed by atoms with Gasteiger partial charge in [-0.3, -0.25) is 0 Å². The van der Waals surface area contributed by atoms with E-state index in [4.69, 9.17) is 28.9 Å². The van der Waals surface area contributed by atoms with E-state index in [1.54, 1.807) is 0 Å². The summed E-state index contributed by atoms with van der Waals surface area (Å²) in [4.78, 5) is 0. The number of nitrogens with two attached hydrogens (primary N) is 1. The maximum absolute atomic E-state index is 12.6. The summed E-state index contributed by atoms with van der Waals surface area (Å²) in [5, 5.41) is 2.57. The standard InChI is InChI=1S/C10H10Cl2F4N2/c11-6-1-5(2-7(12)8(6)17)3-18-4-10(15,16)9(13)14/h1-2,9,18H,3-4,17H2. The highest BCUT2D eigenvalue weighted by molar-refractivity contribution is 6.38. The fourth-order valence-corrected chi connectivity index (χ4v) is 1.72. The molecular weight excluding hydrogens is 295 g/mol. The largest absolute Gasteiger partial charge is 0.396 e. The molecule has 0 spiro atoms. The quantitative estimate of drug-likeness (QED) is 0.645. The number of hydrogen-bond donors (Lipinski definition) is 2. The minimum Gasteiger partial charge on any atom is -0.396 e. The first-order chi connectivity index (χ1) is 8.24. The molecule has 1 rings (SSSR count). The molecule has 0 saturated carbocycles. The van der Waals surface area contributed by atoms with Gasteiger partial charge in [-0.1, -0.05) is 23.2 Å². The van der Waals surface area contributed by atoms with Crippen LogP contribution in [0.5, 0.6) is 0 Å². The molecule has 1 aromatic carbocycles. The third-order valence-electron chi connectivity index (χ3n) is 2.15. The number of anilines is 1. The average molecular weight is 305 g/mol. The Labute approximate surface area is 111 Å². The van der Waals surface area contributed by atoms with Crippen LogP contribution >= 0.6 is 23.2 Å². The van der Waals surface area contributed by atoms with E-state index in [1.807, 2.05) is 0 Å². The molecule has 0 fully saturated rings. The number of rotatable bonds is 5. The van der Waals surface area contributed by atoms with Crippen molar-refractivity contribution in [2.24, 2.45) is 0 Å². The Hall–Kier alpha value is -0.720. The number of halogens is 6. The first-order valence-electron chi connectivity index (χ1n) is 4.84. The smallest absolute Gasteiger partial charge is 0.319 e. The Morgan fingerprint density at radius 2 is 1.72 bits per heavy atom. The van der Waals surface area contributed by atoms with Crippen LogP contribution in [0.2, 0.25) is 10.0 Å². The highest BCUT2D eigenvalue weighted by atomic mass is 35.5. The third kappa shape index (κ3) is 3.90. The molecule has 0 amide bonds. The summed E-state index contributed by atoms with van der Waals surface area (Å²) < 4.78 is 48.9. The molecule has 0 aromatic heterocycles. The van der Waals surface area contributed by atoms with Gasteiger partial charge in [-0.25, -0.2) is 8.78 Å². The summed E-state index contributed by atoms with van der Waals surface area (Å²) in [6.07, 6.45) is -3.71. The zero-order valence-electron chi connectivity index (χ0n) is 8.99. The Kier molecular flexibility index (Phi) is 5.07. The molecule has 0 atom stereocenters. The van der Waals surface area contributed by atoms with Crippen molar-refractivity contribution in [1.82, 2.24) is 5.32 Å². The first-order valence-corrected chi connectivity index (χ1v) is 5.59. The van der Waals surface area contributed by atoms with Crippen LogP contribution < -0.4 is 11.1 Å². The third-order valence-corrected chi connectivity index (χ3v) is 2.77. The molecule has 0 saturated heterocycles. The average Bonchev–Trinajstić information content (AvgIpc) is 2.25. The maximum Gasteiger partial charge on any atom is 0.319 e. The molecule has 0 unspecified atom stereocenters. The van der Waals surface area contributed by atoms with Crippen molar-refractivity contribution in [3.05, 3.63) is 27.7 Å². The van der Waals surface area contributed by atoms with Gasteiger partial charge in [0.15, 0.2) is 0 Å². The molecule has 1 aromatic rings. The van der Waals surface area contributed by atoms with Crippen LogP contribution in [0, 0.1) is 0 Å². The summed E-state index contributed by atoms with van der Waals surface area (Å²) in [5.41, 5.74) is 6.14. The minimum atomic E-state index is -4.07. The van der Waals surface area contributed by atoms with Crippen LogP contribution in [0.4, 0.5) is 23.2 Å². The van der Waals surface area contributed by atoms with E-state index in [0.717, 1.165) is 0 Å². The van der Waals surface area contributed by atoms with Crippen molar-refractivity contribution in [3.8, 4) is 0 Å².